The monoisotopic (exact) mass is 456 g/mol. The molecule has 1 aliphatic rings. The average molecular weight is 456 g/mol. The molecular weight excluding hydrogens is 436 g/mol. The highest BCUT2D eigenvalue weighted by Gasteiger charge is 2.36. The number of methoxy groups -OCH3 is 2. The third kappa shape index (κ3) is 5.27. The molecule has 0 atom stereocenters. The number of imide groups is 1. The molecule has 166 valence electrons. The zero-order valence-electron chi connectivity index (χ0n) is 17.5. The summed E-state index contributed by atoms with van der Waals surface area (Å²) in [6.45, 7) is 0.835. The summed E-state index contributed by atoms with van der Waals surface area (Å²) in [5.74, 6) is -0.629. The van der Waals surface area contributed by atoms with Crippen molar-refractivity contribution in [3.63, 3.8) is 0 Å². The second kappa shape index (κ2) is 10.0. The lowest BCUT2D eigenvalue weighted by Gasteiger charge is -2.14. The molecule has 0 aromatic heterocycles. The Morgan fingerprint density at radius 2 is 1.75 bits per heavy atom. The van der Waals surface area contributed by atoms with Crippen molar-refractivity contribution in [3.05, 3.63) is 52.9 Å². The first-order valence-electron chi connectivity index (χ1n) is 9.37. The van der Waals surface area contributed by atoms with E-state index in [0.29, 0.717) is 22.7 Å². The molecular formula is C22H20N2O7S. The number of esters is 1. The topological polar surface area (TPSA) is 111 Å². The summed E-state index contributed by atoms with van der Waals surface area (Å²) in [5.41, 5.74) is 0.990. The number of hydrogen-bond donors (Lipinski definition) is 1. The number of nitrogens with zero attached hydrogens (tertiary/aromatic N) is 1. The molecule has 2 aromatic carbocycles. The van der Waals surface area contributed by atoms with Gasteiger partial charge in [-0.2, -0.15) is 0 Å². The minimum Gasteiger partial charge on any atom is -0.495 e. The van der Waals surface area contributed by atoms with Crippen LogP contribution in [-0.4, -0.2) is 48.7 Å². The van der Waals surface area contributed by atoms with Crippen LogP contribution in [0.25, 0.3) is 6.08 Å². The lowest BCUT2D eigenvalue weighted by molar-refractivity contribution is -0.132. The van der Waals surface area contributed by atoms with Crippen LogP contribution in [-0.2, 0) is 14.4 Å². The number of nitrogens with one attached hydrogen (secondary N) is 1. The summed E-state index contributed by atoms with van der Waals surface area (Å²) < 4.78 is 15.4. The minimum absolute atomic E-state index is 0.155. The van der Waals surface area contributed by atoms with Gasteiger partial charge in [0.25, 0.3) is 11.1 Å². The molecule has 1 saturated heterocycles. The fourth-order valence-corrected chi connectivity index (χ4v) is 3.72. The number of thioether (sulfide) groups is 1. The van der Waals surface area contributed by atoms with Gasteiger partial charge in [-0.15, -0.1) is 0 Å². The third-order valence-electron chi connectivity index (χ3n) is 4.30. The number of anilines is 1. The van der Waals surface area contributed by atoms with E-state index in [1.165, 1.54) is 33.3 Å². The van der Waals surface area contributed by atoms with E-state index in [9.17, 15) is 19.2 Å². The summed E-state index contributed by atoms with van der Waals surface area (Å²) in [5, 5.41) is 2.08. The molecule has 32 heavy (non-hydrogen) atoms. The van der Waals surface area contributed by atoms with E-state index in [-0.39, 0.29) is 10.7 Å². The molecule has 1 N–H and O–H groups in total. The van der Waals surface area contributed by atoms with Crippen LogP contribution < -0.4 is 19.5 Å². The van der Waals surface area contributed by atoms with Gasteiger partial charge in [0.05, 0.1) is 24.8 Å². The number of benzene rings is 2. The predicted molar refractivity (Wildman–Crippen MR) is 119 cm³/mol. The van der Waals surface area contributed by atoms with Gasteiger partial charge in [-0.05, 0) is 47.7 Å². The first kappa shape index (κ1) is 22.9. The van der Waals surface area contributed by atoms with Crippen molar-refractivity contribution in [3.8, 4) is 17.2 Å². The Kier molecular flexibility index (Phi) is 7.16. The van der Waals surface area contributed by atoms with Crippen LogP contribution in [0.3, 0.4) is 0 Å². The van der Waals surface area contributed by atoms with Crippen molar-refractivity contribution in [2.24, 2.45) is 0 Å². The van der Waals surface area contributed by atoms with Gasteiger partial charge in [-0.3, -0.25) is 24.1 Å². The van der Waals surface area contributed by atoms with Crippen LogP contribution >= 0.6 is 11.8 Å². The maximum atomic E-state index is 12.7. The maximum absolute atomic E-state index is 12.7. The summed E-state index contributed by atoms with van der Waals surface area (Å²) in [6, 6.07) is 11.5. The molecule has 0 bridgehead atoms. The van der Waals surface area contributed by atoms with Gasteiger partial charge in [-0.25, -0.2) is 0 Å². The molecule has 1 fully saturated rings. The molecule has 0 unspecified atom stereocenters. The highest BCUT2D eigenvalue weighted by molar-refractivity contribution is 8.18. The molecule has 9 nitrogen and oxygen atoms in total. The molecule has 0 radical (unpaired) electrons. The Hall–Kier alpha value is -3.79. The quantitative estimate of drug-likeness (QED) is 0.384. The van der Waals surface area contributed by atoms with E-state index >= 15 is 0 Å². The molecule has 2 aromatic rings. The molecule has 1 heterocycles. The zero-order chi connectivity index (χ0) is 23.3. The summed E-state index contributed by atoms with van der Waals surface area (Å²) >= 11 is 0.729. The number of rotatable bonds is 7. The smallest absolute Gasteiger partial charge is 0.308 e. The van der Waals surface area contributed by atoms with Gasteiger partial charge in [0, 0.05) is 6.92 Å². The van der Waals surface area contributed by atoms with Crippen molar-refractivity contribution >= 4 is 46.5 Å². The van der Waals surface area contributed by atoms with E-state index in [4.69, 9.17) is 14.2 Å². The standard InChI is InChI=1S/C22H20N2O7S/c1-13(25)31-17-9-8-14(10-18(17)30-3)11-19-21(27)24(22(28)32-19)12-20(26)23-15-6-4-5-7-16(15)29-2/h4-11H,12H2,1-3H3,(H,23,26)/b19-11-. The van der Waals surface area contributed by atoms with Crippen LogP contribution in [0, 0.1) is 0 Å². The van der Waals surface area contributed by atoms with Crippen LogP contribution in [0.15, 0.2) is 47.4 Å². The lowest BCUT2D eigenvalue weighted by Crippen LogP contribution is -2.36. The Labute approximate surface area is 188 Å². The Morgan fingerprint density at radius 3 is 2.44 bits per heavy atom. The van der Waals surface area contributed by atoms with E-state index in [1.807, 2.05) is 0 Å². The Balaban J connectivity index is 1.73. The largest absolute Gasteiger partial charge is 0.495 e. The van der Waals surface area contributed by atoms with Gasteiger partial charge in [0.1, 0.15) is 12.3 Å². The minimum atomic E-state index is -0.585. The van der Waals surface area contributed by atoms with E-state index in [1.54, 1.807) is 36.4 Å². The van der Waals surface area contributed by atoms with Gasteiger partial charge in [0.2, 0.25) is 5.91 Å². The molecule has 1 aliphatic heterocycles. The van der Waals surface area contributed by atoms with Gasteiger partial charge < -0.3 is 19.5 Å². The Morgan fingerprint density at radius 1 is 1.03 bits per heavy atom. The predicted octanol–water partition coefficient (Wildman–Crippen LogP) is 3.30. The van der Waals surface area contributed by atoms with E-state index in [2.05, 4.69) is 5.32 Å². The van der Waals surface area contributed by atoms with Gasteiger partial charge in [0.15, 0.2) is 11.5 Å². The van der Waals surface area contributed by atoms with E-state index < -0.39 is 29.6 Å². The Bertz CT molecular complexity index is 1110. The summed E-state index contributed by atoms with van der Waals surface area (Å²) in [4.78, 5) is 49.6. The molecule has 0 spiro atoms. The number of ether oxygens (including phenoxy) is 3. The second-order valence-electron chi connectivity index (χ2n) is 6.52. The SMILES string of the molecule is COc1ccccc1NC(=O)CN1C(=O)S/C(=C\c2ccc(OC(C)=O)c(OC)c2)C1=O. The fourth-order valence-electron chi connectivity index (χ4n) is 2.88. The summed E-state index contributed by atoms with van der Waals surface area (Å²) in [6.07, 6.45) is 1.50. The molecule has 0 saturated carbocycles. The number of carbonyl (C=O) groups excluding carboxylic acids is 4. The first-order valence-corrected chi connectivity index (χ1v) is 10.2. The van der Waals surface area contributed by atoms with Crippen molar-refractivity contribution in [1.29, 1.82) is 0 Å². The van der Waals surface area contributed by atoms with Crippen molar-refractivity contribution < 1.29 is 33.4 Å². The van der Waals surface area contributed by atoms with Crippen LogP contribution in [0.4, 0.5) is 10.5 Å². The zero-order valence-corrected chi connectivity index (χ0v) is 18.4. The molecule has 3 amide bonds. The number of carbonyl (C=O) groups is 4. The number of para-hydroxylation sites is 2. The van der Waals surface area contributed by atoms with Gasteiger partial charge >= 0.3 is 5.97 Å². The van der Waals surface area contributed by atoms with Crippen LogP contribution in [0.2, 0.25) is 0 Å². The third-order valence-corrected chi connectivity index (χ3v) is 5.20. The van der Waals surface area contributed by atoms with E-state index in [0.717, 1.165) is 16.7 Å². The van der Waals surface area contributed by atoms with Crippen molar-refractivity contribution in [1.82, 2.24) is 4.90 Å². The molecule has 0 aliphatic carbocycles. The van der Waals surface area contributed by atoms with Crippen LogP contribution in [0.5, 0.6) is 17.2 Å². The van der Waals surface area contributed by atoms with Gasteiger partial charge in [-0.1, -0.05) is 18.2 Å². The van der Waals surface area contributed by atoms with Crippen molar-refractivity contribution in [2.45, 2.75) is 6.92 Å². The molecule has 3 rings (SSSR count). The first-order chi connectivity index (χ1) is 15.3. The van der Waals surface area contributed by atoms with Crippen LogP contribution in [0.1, 0.15) is 12.5 Å². The lowest BCUT2D eigenvalue weighted by atomic mass is 10.2. The average Bonchev–Trinajstić information content (AvgIpc) is 3.02. The fraction of sp³-hybridized carbons (Fsp3) is 0.182. The highest BCUT2D eigenvalue weighted by Crippen LogP contribution is 2.34. The second-order valence-corrected chi connectivity index (χ2v) is 7.51. The number of amides is 3. The molecule has 10 heteroatoms. The van der Waals surface area contributed by atoms with Crippen molar-refractivity contribution in [2.75, 3.05) is 26.1 Å². The number of hydrogen-bond acceptors (Lipinski definition) is 8. The maximum Gasteiger partial charge on any atom is 0.308 e. The normalized spacial score (nSPS) is 14.5. The summed E-state index contributed by atoms with van der Waals surface area (Å²) in [7, 11) is 2.89. The highest BCUT2D eigenvalue weighted by atomic mass is 32.2.